The van der Waals surface area contributed by atoms with Crippen molar-refractivity contribution in [2.24, 2.45) is 0 Å². The zero-order valence-corrected chi connectivity index (χ0v) is 9.86. The molecule has 0 unspecified atom stereocenters. The number of carboxylic acids is 1. The number of carbonyl (C=O) groups is 1. The summed E-state index contributed by atoms with van der Waals surface area (Å²) < 4.78 is 26.5. The van der Waals surface area contributed by atoms with E-state index in [2.05, 4.69) is 21.7 Å². The number of carboxylic acid groups (broad SMARTS) is 1. The van der Waals surface area contributed by atoms with Gasteiger partial charge >= 0.3 is 5.97 Å². The van der Waals surface area contributed by atoms with Crippen LogP contribution in [-0.2, 0) is 21.4 Å². The van der Waals surface area contributed by atoms with Gasteiger partial charge in [-0.2, -0.15) is 9.82 Å². The predicted octanol–water partition coefficient (Wildman–Crippen LogP) is -0.731. The topological polar surface area (TPSA) is 101 Å². The highest BCUT2D eigenvalue weighted by molar-refractivity contribution is 7.89. The monoisotopic (exact) mass is 257 g/mol. The fourth-order valence-corrected chi connectivity index (χ4v) is 1.89. The summed E-state index contributed by atoms with van der Waals surface area (Å²) in [6.45, 7) is 1.21. The van der Waals surface area contributed by atoms with Crippen LogP contribution in [0, 0.1) is 11.8 Å². The maximum Gasteiger partial charge on any atom is 0.325 e. The minimum absolute atomic E-state index is 0.00292. The first kappa shape index (κ1) is 13.2. The van der Waals surface area contributed by atoms with E-state index >= 15 is 0 Å². The number of nitrogens with zero attached hydrogens (tertiary/aromatic N) is 2. The molecule has 7 nitrogen and oxygen atoms in total. The lowest BCUT2D eigenvalue weighted by Crippen LogP contribution is -2.23. The summed E-state index contributed by atoms with van der Waals surface area (Å²) in [5, 5.41) is 12.1. The smallest absolute Gasteiger partial charge is 0.325 e. The number of aliphatic carboxylic acids is 1. The molecule has 0 bridgehead atoms. The Hall–Kier alpha value is -1.85. The third-order valence-electron chi connectivity index (χ3n) is 1.74. The number of rotatable bonds is 5. The molecular formula is C9H11N3O4S. The van der Waals surface area contributed by atoms with Crippen LogP contribution in [0.1, 0.15) is 6.92 Å². The Bertz CT molecular complexity index is 565. The van der Waals surface area contributed by atoms with Crippen molar-refractivity contribution in [3.63, 3.8) is 0 Å². The quantitative estimate of drug-likeness (QED) is 0.677. The maximum atomic E-state index is 11.6. The van der Waals surface area contributed by atoms with Crippen molar-refractivity contribution in [3.05, 3.63) is 12.4 Å². The molecule has 0 aromatic carbocycles. The van der Waals surface area contributed by atoms with E-state index in [1.54, 1.807) is 6.92 Å². The van der Waals surface area contributed by atoms with Crippen LogP contribution < -0.4 is 4.72 Å². The molecule has 0 fully saturated rings. The van der Waals surface area contributed by atoms with Crippen molar-refractivity contribution in [3.8, 4) is 11.8 Å². The van der Waals surface area contributed by atoms with Gasteiger partial charge in [-0.05, 0) is 6.92 Å². The average Bonchev–Trinajstić information content (AvgIpc) is 2.66. The summed E-state index contributed by atoms with van der Waals surface area (Å²) in [5.74, 6) is 4.00. The molecule has 1 aromatic heterocycles. The van der Waals surface area contributed by atoms with Gasteiger partial charge in [0.25, 0.3) is 0 Å². The highest BCUT2D eigenvalue weighted by Gasteiger charge is 2.15. The Balaban J connectivity index is 2.80. The minimum atomic E-state index is -3.68. The molecule has 0 aliphatic rings. The lowest BCUT2D eigenvalue weighted by molar-refractivity contribution is -0.137. The van der Waals surface area contributed by atoms with E-state index in [1.165, 1.54) is 0 Å². The summed E-state index contributed by atoms with van der Waals surface area (Å²) in [6, 6.07) is 0. The van der Waals surface area contributed by atoms with Crippen LogP contribution in [-0.4, -0.2) is 35.8 Å². The fourth-order valence-electron chi connectivity index (χ4n) is 1.01. The van der Waals surface area contributed by atoms with Crippen molar-refractivity contribution in [1.82, 2.24) is 14.5 Å². The molecule has 0 saturated heterocycles. The Kier molecular flexibility index (Phi) is 4.25. The molecule has 0 aliphatic carbocycles. The average molecular weight is 257 g/mol. The van der Waals surface area contributed by atoms with Gasteiger partial charge in [-0.1, -0.05) is 5.92 Å². The molecular weight excluding hydrogens is 246 g/mol. The molecule has 1 rings (SSSR count). The minimum Gasteiger partial charge on any atom is -0.480 e. The van der Waals surface area contributed by atoms with Gasteiger partial charge in [0.05, 0.1) is 12.7 Å². The van der Waals surface area contributed by atoms with E-state index in [1.807, 2.05) is 0 Å². The third kappa shape index (κ3) is 3.90. The van der Waals surface area contributed by atoms with E-state index in [-0.39, 0.29) is 18.0 Å². The number of aromatic nitrogens is 2. The standard InChI is InChI=1S/C9H11N3O4S/c1-2-3-4-11-17(15,16)8-5-10-12(6-8)7-9(13)14/h5-6,11H,4,7H2,1H3,(H,13,14). The summed E-state index contributed by atoms with van der Waals surface area (Å²) in [6.07, 6.45) is 2.24. The zero-order valence-electron chi connectivity index (χ0n) is 9.04. The fraction of sp³-hybridized carbons (Fsp3) is 0.333. The maximum absolute atomic E-state index is 11.6. The van der Waals surface area contributed by atoms with Gasteiger partial charge in [0.1, 0.15) is 11.4 Å². The van der Waals surface area contributed by atoms with Gasteiger partial charge in [-0.25, -0.2) is 8.42 Å². The number of nitrogens with one attached hydrogen (secondary N) is 1. The zero-order chi connectivity index (χ0) is 12.9. The molecule has 0 radical (unpaired) electrons. The van der Waals surface area contributed by atoms with Crippen LogP contribution in [0.4, 0.5) is 0 Å². The number of hydrogen-bond donors (Lipinski definition) is 2. The van der Waals surface area contributed by atoms with Crippen LogP contribution in [0.25, 0.3) is 0 Å². The molecule has 92 valence electrons. The summed E-state index contributed by atoms with van der Waals surface area (Å²) in [7, 11) is -3.68. The van der Waals surface area contributed by atoms with E-state index in [9.17, 15) is 13.2 Å². The van der Waals surface area contributed by atoms with E-state index in [0.717, 1.165) is 17.1 Å². The van der Waals surface area contributed by atoms with Gasteiger partial charge in [-0.15, -0.1) is 5.92 Å². The normalized spacial score (nSPS) is 10.6. The summed E-state index contributed by atoms with van der Waals surface area (Å²) in [4.78, 5) is 10.3. The van der Waals surface area contributed by atoms with Crippen LogP contribution in [0.3, 0.4) is 0 Å². The van der Waals surface area contributed by atoms with Crippen LogP contribution in [0.15, 0.2) is 17.3 Å². The highest BCUT2D eigenvalue weighted by Crippen LogP contribution is 2.06. The number of hydrogen-bond acceptors (Lipinski definition) is 4. The Morgan fingerprint density at radius 2 is 2.35 bits per heavy atom. The largest absolute Gasteiger partial charge is 0.480 e. The second-order valence-electron chi connectivity index (χ2n) is 3.02. The van der Waals surface area contributed by atoms with Gasteiger partial charge in [-0.3, -0.25) is 9.48 Å². The summed E-state index contributed by atoms with van der Waals surface area (Å²) in [5.41, 5.74) is 0. The lowest BCUT2D eigenvalue weighted by atomic mass is 10.6. The lowest BCUT2D eigenvalue weighted by Gasteiger charge is -1.99. The van der Waals surface area contributed by atoms with Gasteiger partial charge < -0.3 is 5.11 Å². The van der Waals surface area contributed by atoms with Gasteiger partial charge in [0, 0.05) is 6.20 Å². The molecule has 1 aromatic rings. The number of sulfonamides is 1. The van der Waals surface area contributed by atoms with E-state index in [4.69, 9.17) is 5.11 Å². The van der Waals surface area contributed by atoms with E-state index in [0.29, 0.717) is 0 Å². The van der Waals surface area contributed by atoms with Crippen molar-refractivity contribution < 1.29 is 18.3 Å². The molecule has 2 N–H and O–H groups in total. The molecule has 0 aliphatic heterocycles. The molecule has 8 heteroatoms. The molecule has 0 spiro atoms. The second kappa shape index (κ2) is 5.47. The van der Waals surface area contributed by atoms with Crippen molar-refractivity contribution in [2.45, 2.75) is 18.4 Å². The second-order valence-corrected chi connectivity index (χ2v) is 4.79. The molecule has 0 atom stereocenters. The van der Waals surface area contributed by atoms with Gasteiger partial charge in [0.15, 0.2) is 0 Å². The first-order valence-electron chi connectivity index (χ1n) is 4.59. The molecule has 17 heavy (non-hydrogen) atoms. The third-order valence-corrected chi connectivity index (χ3v) is 3.10. The Morgan fingerprint density at radius 1 is 1.65 bits per heavy atom. The predicted molar refractivity (Wildman–Crippen MR) is 58.5 cm³/mol. The first-order chi connectivity index (χ1) is 7.95. The summed E-state index contributed by atoms with van der Waals surface area (Å²) >= 11 is 0. The van der Waals surface area contributed by atoms with Crippen LogP contribution in [0.5, 0.6) is 0 Å². The Labute approximate surface area is 98.5 Å². The van der Waals surface area contributed by atoms with Crippen LogP contribution in [0.2, 0.25) is 0 Å². The molecule has 1 heterocycles. The highest BCUT2D eigenvalue weighted by atomic mass is 32.2. The van der Waals surface area contributed by atoms with Crippen molar-refractivity contribution >= 4 is 16.0 Å². The van der Waals surface area contributed by atoms with Crippen molar-refractivity contribution in [1.29, 1.82) is 0 Å². The SMILES string of the molecule is CC#CCNS(=O)(=O)c1cnn(CC(=O)O)c1. The van der Waals surface area contributed by atoms with Crippen molar-refractivity contribution in [2.75, 3.05) is 6.54 Å². The Morgan fingerprint density at radius 3 is 2.94 bits per heavy atom. The first-order valence-corrected chi connectivity index (χ1v) is 6.07. The van der Waals surface area contributed by atoms with Crippen LogP contribution >= 0.6 is 0 Å². The molecule has 0 amide bonds. The van der Waals surface area contributed by atoms with Gasteiger partial charge in [0.2, 0.25) is 10.0 Å². The van der Waals surface area contributed by atoms with E-state index < -0.39 is 16.0 Å². The molecule has 0 saturated carbocycles.